The summed E-state index contributed by atoms with van der Waals surface area (Å²) in [6.07, 6.45) is -0.0642. The maximum Gasteiger partial charge on any atom is 0.338 e. The maximum absolute atomic E-state index is 12.6. The van der Waals surface area contributed by atoms with Crippen LogP contribution >= 0.6 is 11.6 Å². The van der Waals surface area contributed by atoms with Crippen LogP contribution in [0.1, 0.15) is 28.4 Å². The van der Waals surface area contributed by atoms with E-state index in [2.05, 4.69) is 6.07 Å². The fourth-order valence-electron chi connectivity index (χ4n) is 2.89. The lowest BCUT2D eigenvalue weighted by molar-refractivity contribution is -0.140. The third-order valence-corrected chi connectivity index (χ3v) is 4.65. The molecule has 2 aromatic rings. The molecule has 1 amide bonds. The minimum Gasteiger partial charge on any atom is -0.449 e. The van der Waals surface area contributed by atoms with E-state index in [1.54, 1.807) is 11.8 Å². The van der Waals surface area contributed by atoms with Crippen molar-refractivity contribution in [3.05, 3.63) is 64.2 Å². The van der Waals surface area contributed by atoms with Gasteiger partial charge in [0.15, 0.2) is 6.10 Å². The minimum absolute atomic E-state index is 0.204. The van der Waals surface area contributed by atoms with E-state index in [4.69, 9.17) is 22.1 Å². The number of esters is 1. The van der Waals surface area contributed by atoms with Crippen LogP contribution in [0.5, 0.6) is 0 Å². The first-order valence-electron chi connectivity index (χ1n) is 8.07. The van der Waals surface area contributed by atoms with Gasteiger partial charge in [0.2, 0.25) is 0 Å². The summed E-state index contributed by atoms with van der Waals surface area (Å²) in [7, 11) is 0. The Morgan fingerprint density at radius 2 is 1.92 bits per heavy atom. The van der Waals surface area contributed by atoms with E-state index >= 15 is 0 Å². The highest BCUT2D eigenvalue weighted by Crippen LogP contribution is 2.22. The molecule has 1 aliphatic heterocycles. The fourth-order valence-corrected chi connectivity index (χ4v) is 3.01. The number of carbonyl (C=O) groups is 2. The van der Waals surface area contributed by atoms with Crippen molar-refractivity contribution in [2.45, 2.75) is 26.0 Å². The number of amides is 1. The summed E-state index contributed by atoms with van der Waals surface area (Å²) >= 11 is 5.85. The van der Waals surface area contributed by atoms with Crippen molar-refractivity contribution < 1.29 is 14.3 Å². The summed E-state index contributed by atoms with van der Waals surface area (Å²) < 4.78 is 5.31. The zero-order valence-corrected chi connectivity index (χ0v) is 14.6. The van der Waals surface area contributed by atoms with E-state index < -0.39 is 12.1 Å². The predicted molar refractivity (Wildman–Crippen MR) is 96.3 cm³/mol. The smallest absolute Gasteiger partial charge is 0.338 e. The third-order valence-electron chi connectivity index (χ3n) is 4.31. The van der Waals surface area contributed by atoms with Crippen LogP contribution in [0.2, 0.25) is 5.02 Å². The molecule has 0 fully saturated rings. The highest BCUT2D eigenvalue weighted by atomic mass is 35.5. The van der Waals surface area contributed by atoms with Crippen molar-refractivity contribution in [1.82, 2.24) is 4.90 Å². The minimum atomic E-state index is -0.866. The van der Waals surface area contributed by atoms with Gasteiger partial charge in [0.1, 0.15) is 0 Å². The number of nitrogens with two attached hydrogens (primary N) is 1. The summed E-state index contributed by atoms with van der Waals surface area (Å²) in [6, 6.07) is 12.5. The highest BCUT2D eigenvalue weighted by Gasteiger charge is 2.27. The number of halogens is 1. The van der Waals surface area contributed by atoms with Crippen molar-refractivity contribution in [2.75, 3.05) is 12.3 Å². The lowest BCUT2D eigenvalue weighted by atomic mass is 9.99. The lowest BCUT2D eigenvalue weighted by Crippen LogP contribution is -2.42. The van der Waals surface area contributed by atoms with Gasteiger partial charge in [-0.15, -0.1) is 0 Å². The van der Waals surface area contributed by atoms with E-state index in [-0.39, 0.29) is 11.5 Å². The van der Waals surface area contributed by atoms with E-state index in [0.717, 1.165) is 12.0 Å². The molecule has 0 aromatic heterocycles. The van der Waals surface area contributed by atoms with E-state index in [0.29, 0.717) is 23.8 Å². The molecule has 130 valence electrons. The van der Waals surface area contributed by atoms with Crippen LogP contribution in [0, 0.1) is 0 Å². The van der Waals surface area contributed by atoms with Gasteiger partial charge in [-0.1, -0.05) is 35.9 Å². The number of nitrogen functional groups attached to an aromatic ring is 1. The molecule has 3 rings (SSSR count). The van der Waals surface area contributed by atoms with Crippen molar-refractivity contribution in [3.8, 4) is 0 Å². The van der Waals surface area contributed by atoms with Gasteiger partial charge >= 0.3 is 5.97 Å². The van der Waals surface area contributed by atoms with Crippen molar-refractivity contribution in [3.63, 3.8) is 0 Å². The van der Waals surface area contributed by atoms with Crippen molar-refractivity contribution in [2.24, 2.45) is 0 Å². The molecule has 0 spiro atoms. The second-order valence-corrected chi connectivity index (χ2v) is 6.47. The second kappa shape index (κ2) is 7.15. The Kier molecular flexibility index (Phi) is 4.95. The van der Waals surface area contributed by atoms with Crippen LogP contribution in [0.3, 0.4) is 0 Å². The summed E-state index contributed by atoms with van der Waals surface area (Å²) in [5, 5.41) is 0.368. The average Bonchev–Trinajstić information content (AvgIpc) is 2.62. The van der Waals surface area contributed by atoms with Crippen LogP contribution in [0.25, 0.3) is 0 Å². The molecular formula is C19H19ClN2O3. The number of benzene rings is 2. The third kappa shape index (κ3) is 3.77. The molecule has 0 saturated heterocycles. The summed E-state index contributed by atoms with van der Waals surface area (Å²) in [6.45, 7) is 2.73. The number of ether oxygens (including phenoxy) is 1. The number of fused-ring (bicyclic) bond motifs is 1. The second-order valence-electron chi connectivity index (χ2n) is 6.06. The van der Waals surface area contributed by atoms with E-state index in [9.17, 15) is 9.59 Å². The molecule has 0 radical (unpaired) electrons. The molecule has 1 heterocycles. The normalized spacial score (nSPS) is 14.6. The molecule has 0 saturated carbocycles. The number of hydrogen-bond acceptors (Lipinski definition) is 4. The first kappa shape index (κ1) is 17.3. The Labute approximate surface area is 151 Å². The molecular weight excluding hydrogens is 340 g/mol. The average molecular weight is 359 g/mol. The molecule has 0 bridgehead atoms. The van der Waals surface area contributed by atoms with Gasteiger partial charge in [-0.2, -0.15) is 0 Å². The van der Waals surface area contributed by atoms with Gasteiger partial charge < -0.3 is 15.4 Å². The first-order chi connectivity index (χ1) is 12.0. The standard InChI is InChI=1S/C19H19ClN2O3/c1-12(25-19(24)14-6-7-16(20)17(21)10-14)18(23)22-9-8-13-4-2-3-5-15(13)11-22/h2-7,10,12H,8-9,11,21H2,1H3. The zero-order chi connectivity index (χ0) is 18.0. The number of hydrogen-bond donors (Lipinski definition) is 1. The van der Waals surface area contributed by atoms with Crippen LogP contribution in [0.15, 0.2) is 42.5 Å². The molecule has 2 N–H and O–H groups in total. The van der Waals surface area contributed by atoms with Crippen LogP contribution in [-0.2, 0) is 22.5 Å². The van der Waals surface area contributed by atoms with E-state index in [1.165, 1.54) is 23.8 Å². The molecule has 25 heavy (non-hydrogen) atoms. The van der Waals surface area contributed by atoms with Gasteiger partial charge in [-0.25, -0.2) is 4.79 Å². The number of carbonyl (C=O) groups excluding carboxylic acids is 2. The fraction of sp³-hybridized carbons (Fsp3) is 0.263. The topological polar surface area (TPSA) is 72.6 Å². The summed E-state index contributed by atoms with van der Waals surface area (Å²) in [4.78, 5) is 26.5. The van der Waals surface area contributed by atoms with E-state index in [1.807, 2.05) is 18.2 Å². The van der Waals surface area contributed by atoms with Gasteiger partial charge in [0.25, 0.3) is 5.91 Å². The Hall–Kier alpha value is -2.53. The van der Waals surface area contributed by atoms with Gasteiger partial charge in [-0.3, -0.25) is 4.79 Å². The SMILES string of the molecule is CC(OC(=O)c1ccc(Cl)c(N)c1)C(=O)N1CCc2ccccc2C1. The van der Waals surface area contributed by atoms with Gasteiger partial charge in [-0.05, 0) is 42.7 Å². The molecule has 1 aliphatic rings. The molecule has 6 heteroatoms. The van der Waals surface area contributed by atoms with Crippen LogP contribution in [-0.4, -0.2) is 29.4 Å². The summed E-state index contributed by atoms with van der Waals surface area (Å²) in [5.41, 5.74) is 8.65. The lowest BCUT2D eigenvalue weighted by Gasteiger charge is -2.30. The van der Waals surface area contributed by atoms with Crippen molar-refractivity contribution >= 4 is 29.2 Å². The zero-order valence-electron chi connectivity index (χ0n) is 13.9. The maximum atomic E-state index is 12.6. The molecule has 1 unspecified atom stereocenters. The first-order valence-corrected chi connectivity index (χ1v) is 8.45. The highest BCUT2D eigenvalue weighted by molar-refractivity contribution is 6.33. The number of rotatable bonds is 3. The Balaban J connectivity index is 1.65. The molecule has 0 aliphatic carbocycles. The Morgan fingerprint density at radius 1 is 1.20 bits per heavy atom. The molecule has 1 atom stereocenters. The molecule has 5 nitrogen and oxygen atoms in total. The van der Waals surface area contributed by atoms with Gasteiger partial charge in [0, 0.05) is 13.1 Å². The quantitative estimate of drug-likeness (QED) is 0.676. The van der Waals surface area contributed by atoms with Crippen molar-refractivity contribution in [1.29, 1.82) is 0 Å². The number of anilines is 1. The largest absolute Gasteiger partial charge is 0.449 e. The monoisotopic (exact) mass is 358 g/mol. The predicted octanol–water partition coefficient (Wildman–Crippen LogP) is 3.05. The number of nitrogens with zero attached hydrogens (tertiary/aromatic N) is 1. The van der Waals surface area contributed by atoms with Gasteiger partial charge in [0.05, 0.1) is 16.3 Å². The Morgan fingerprint density at radius 3 is 2.64 bits per heavy atom. The van der Waals surface area contributed by atoms with Crippen LogP contribution in [0.4, 0.5) is 5.69 Å². The van der Waals surface area contributed by atoms with Crippen LogP contribution < -0.4 is 5.73 Å². The molecule has 2 aromatic carbocycles. The Bertz CT molecular complexity index is 822. The summed E-state index contributed by atoms with van der Waals surface area (Å²) in [5.74, 6) is -0.800.